The molecule has 1 aliphatic rings. The summed E-state index contributed by atoms with van der Waals surface area (Å²) < 4.78 is 5.11. The Morgan fingerprint density at radius 2 is 2.19 bits per heavy atom. The van der Waals surface area contributed by atoms with Gasteiger partial charge in [-0.1, -0.05) is 24.3 Å². The average Bonchev–Trinajstić information content (AvgIpc) is 3.31. The van der Waals surface area contributed by atoms with Crippen molar-refractivity contribution in [1.29, 1.82) is 0 Å². The molecule has 1 saturated carbocycles. The minimum absolute atomic E-state index is 0.0163. The van der Waals surface area contributed by atoms with Crippen LogP contribution in [0.1, 0.15) is 25.3 Å². The van der Waals surface area contributed by atoms with E-state index in [2.05, 4.69) is 0 Å². The van der Waals surface area contributed by atoms with Crippen molar-refractivity contribution in [2.24, 2.45) is 0 Å². The Morgan fingerprint density at radius 1 is 1.43 bits per heavy atom. The number of carbonyl (C=O) groups is 1. The van der Waals surface area contributed by atoms with Gasteiger partial charge in [0.2, 0.25) is 5.91 Å². The van der Waals surface area contributed by atoms with Crippen LogP contribution < -0.4 is 4.74 Å². The van der Waals surface area contributed by atoms with Crippen molar-refractivity contribution in [3.63, 3.8) is 0 Å². The maximum Gasteiger partial charge on any atom is 0.247 e. The first-order valence-corrected chi connectivity index (χ1v) is 7.11. The number of methoxy groups -OCH3 is 1. The number of ether oxygens (including phenoxy) is 1. The summed E-state index contributed by atoms with van der Waals surface area (Å²) in [5, 5.41) is 9.62. The van der Waals surface area contributed by atoms with Crippen LogP contribution in [-0.4, -0.2) is 29.1 Å². The second-order valence-corrected chi connectivity index (χ2v) is 5.09. The van der Waals surface area contributed by atoms with Gasteiger partial charge in [0.15, 0.2) is 11.5 Å². The van der Waals surface area contributed by atoms with Gasteiger partial charge < -0.3 is 14.7 Å². The van der Waals surface area contributed by atoms with Crippen LogP contribution in [0.15, 0.2) is 42.5 Å². The van der Waals surface area contributed by atoms with Gasteiger partial charge in [-0.25, -0.2) is 0 Å². The molecular formula is C17H21NO3. The van der Waals surface area contributed by atoms with Gasteiger partial charge >= 0.3 is 0 Å². The number of benzene rings is 1. The third-order valence-corrected chi connectivity index (χ3v) is 3.41. The quantitative estimate of drug-likeness (QED) is 0.646. The summed E-state index contributed by atoms with van der Waals surface area (Å²) in [6.07, 6.45) is 9.19. The summed E-state index contributed by atoms with van der Waals surface area (Å²) in [4.78, 5) is 14.1. The molecule has 0 saturated heterocycles. The van der Waals surface area contributed by atoms with Crippen molar-refractivity contribution in [3.8, 4) is 11.5 Å². The summed E-state index contributed by atoms with van der Waals surface area (Å²) in [6.45, 7) is 2.44. The fraction of sp³-hybridized carbons (Fsp3) is 0.353. The number of phenols is 1. The number of hydrogen-bond acceptors (Lipinski definition) is 3. The molecule has 1 amide bonds. The van der Waals surface area contributed by atoms with E-state index >= 15 is 0 Å². The highest BCUT2D eigenvalue weighted by atomic mass is 16.5. The fourth-order valence-corrected chi connectivity index (χ4v) is 2.13. The number of carbonyl (C=O) groups excluding carboxylic acids is 1. The van der Waals surface area contributed by atoms with E-state index in [1.165, 1.54) is 7.11 Å². The molecule has 1 aliphatic carbocycles. The van der Waals surface area contributed by atoms with E-state index in [0.29, 0.717) is 18.3 Å². The summed E-state index contributed by atoms with van der Waals surface area (Å²) in [7, 11) is 1.52. The number of hydrogen-bond donors (Lipinski definition) is 1. The van der Waals surface area contributed by atoms with E-state index in [-0.39, 0.29) is 11.7 Å². The molecule has 1 aromatic carbocycles. The minimum Gasteiger partial charge on any atom is -0.504 e. The molecular weight excluding hydrogens is 266 g/mol. The highest BCUT2D eigenvalue weighted by Crippen LogP contribution is 2.31. The van der Waals surface area contributed by atoms with Crippen LogP contribution in [0.2, 0.25) is 0 Å². The Bertz CT molecular complexity index is 559. The third-order valence-electron chi connectivity index (χ3n) is 3.41. The SMILES string of the molecule is C/C=C/C=C/C(=O)N(Cc1ccc(O)c(OC)c1)C1CC1. The molecule has 0 bridgehead atoms. The largest absolute Gasteiger partial charge is 0.504 e. The molecule has 0 aromatic heterocycles. The van der Waals surface area contributed by atoms with Crippen LogP contribution in [0.5, 0.6) is 11.5 Å². The molecule has 21 heavy (non-hydrogen) atoms. The monoisotopic (exact) mass is 287 g/mol. The summed E-state index contributed by atoms with van der Waals surface area (Å²) >= 11 is 0. The number of rotatable bonds is 6. The van der Waals surface area contributed by atoms with Crippen LogP contribution >= 0.6 is 0 Å². The standard InChI is InChI=1S/C17H21NO3/c1-3-4-5-6-17(20)18(14-8-9-14)12-13-7-10-15(19)16(11-13)21-2/h3-7,10-11,14,19H,8-9,12H2,1-2H3/b4-3+,6-5+. The smallest absolute Gasteiger partial charge is 0.247 e. The molecule has 4 nitrogen and oxygen atoms in total. The lowest BCUT2D eigenvalue weighted by Crippen LogP contribution is -2.31. The maximum absolute atomic E-state index is 12.2. The predicted molar refractivity (Wildman–Crippen MR) is 82.2 cm³/mol. The molecule has 0 heterocycles. The highest BCUT2D eigenvalue weighted by Gasteiger charge is 2.31. The average molecular weight is 287 g/mol. The van der Waals surface area contributed by atoms with Gasteiger partial charge in [0.05, 0.1) is 7.11 Å². The van der Waals surface area contributed by atoms with E-state index in [9.17, 15) is 9.90 Å². The van der Waals surface area contributed by atoms with Crippen molar-refractivity contribution in [2.75, 3.05) is 7.11 Å². The number of nitrogens with zero attached hydrogens (tertiary/aromatic N) is 1. The second kappa shape index (κ2) is 6.97. The first-order valence-electron chi connectivity index (χ1n) is 7.11. The Hall–Kier alpha value is -2.23. The highest BCUT2D eigenvalue weighted by molar-refractivity contribution is 5.88. The molecule has 2 rings (SSSR count). The number of phenolic OH excluding ortho intramolecular Hbond substituents is 1. The first kappa shape index (κ1) is 15.2. The lowest BCUT2D eigenvalue weighted by Gasteiger charge is -2.21. The number of aromatic hydroxyl groups is 1. The van der Waals surface area contributed by atoms with Crippen LogP contribution in [0.25, 0.3) is 0 Å². The number of amides is 1. The lowest BCUT2D eigenvalue weighted by atomic mass is 10.2. The second-order valence-electron chi connectivity index (χ2n) is 5.09. The van der Waals surface area contributed by atoms with Gasteiger partial charge in [-0.3, -0.25) is 4.79 Å². The Kier molecular flexibility index (Phi) is 5.04. The lowest BCUT2D eigenvalue weighted by molar-refractivity contribution is -0.127. The topological polar surface area (TPSA) is 49.8 Å². The molecule has 0 spiro atoms. The van der Waals surface area contributed by atoms with Crippen molar-refractivity contribution in [1.82, 2.24) is 4.90 Å². The predicted octanol–water partition coefficient (Wildman–Crippen LogP) is 3.02. The summed E-state index contributed by atoms with van der Waals surface area (Å²) in [5.74, 6) is 0.557. The molecule has 112 valence electrons. The van der Waals surface area contributed by atoms with Crippen molar-refractivity contribution in [2.45, 2.75) is 32.4 Å². The van der Waals surface area contributed by atoms with Crippen LogP contribution in [0.3, 0.4) is 0 Å². The van der Waals surface area contributed by atoms with E-state index in [0.717, 1.165) is 18.4 Å². The normalized spacial score (nSPS) is 14.8. The van der Waals surface area contributed by atoms with E-state index < -0.39 is 0 Å². The van der Waals surface area contributed by atoms with Gasteiger partial charge in [0.25, 0.3) is 0 Å². The molecule has 0 unspecified atom stereocenters. The number of allylic oxidation sites excluding steroid dienone is 3. The first-order chi connectivity index (χ1) is 10.2. The zero-order chi connectivity index (χ0) is 15.2. The van der Waals surface area contributed by atoms with Gasteiger partial charge in [0.1, 0.15) is 0 Å². The van der Waals surface area contributed by atoms with Gasteiger partial charge in [0, 0.05) is 18.7 Å². The molecule has 0 atom stereocenters. The van der Waals surface area contributed by atoms with E-state index in [1.54, 1.807) is 24.3 Å². The van der Waals surface area contributed by atoms with Crippen molar-refractivity contribution >= 4 is 5.91 Å². The van der Waals surface area contributed by atoms with Gasteiger partial charge in [-0.2, -0.15) is 0 Å². The summed E-state index contributed by atoms with van der Waals surface area (Å²) in [6, 6.07) is 5.51. The maximum atomic E-state index is 12.2. The summed E-state index contributed by atoms with van der Waals surface area (Å²) in [5.41, 5.74) is 0.948. The Morgan fingerprint density at radius 3 is 2.81 bits per heavy atom. The molecule has 0 aliphatic heterocycles. The zero-order valence-corrected chi connectivity index (χ0v) is 12.5. The molecule has 4 heteroatoms. The van der Waals surface area contributed by atoms with Gasteiger partial charge in [-0.05, 0) is 37.5 Å². The zero-order valence-electron chi connectivity index (χ0n) is 12.5. The molecule has 1 fully saturated rings. The Balaban J connectivity index is 2.11. The molecule has 0 radical (unpaired) electrons. The minimum atomic E-state index is 0.0163. The fourth-order valence-electron chi connectivity index (χ4n) is 2.13. The Labute approximate surface area is 125 Å². The molecule has 1 aromatic rings. The van der Waals surface area contributed by atoms with Crippen molar-refractivity contribution < 1.29 is 14.6 Å². The third kappa shape index (κ3) is 4.12. The van der Waals surface area contributed by atoms with Crippen LogP contribution in [0, 0.1) is 0 Å². The molecule has 1 N–H and O–H groups in total. The van der Waals surface area contributed by atoms with E-state index in [1.807, 2.05) is 30.0 Å². The van der Waals surface area contributed by atoms with Gasteiger partial charge in [-0.15, -0.1) is 0 Å². The van der Waals surface area contributed by atoms with E-state index in [4.69, 9.17) is 4.74 Å². The van der Waals surface area contributed by atoms with Crippen LogP contribution in [0.4, 0.5) is 0 Å². The van der Waals surface area contributed by atoms with Crippen LogP contribution in [-0.2, 0) is 11.3 Å². The van der Waals surface area contributed by atoms with Crippen molar-refractivity contribution in [3.05, 3.63) is 48.1 Å².